The summed E-state index contributed by atoms with van der Waals surface area (Å²) >= 11 is 5.88. The maximum absolute atomic E-state index is 13.7. The van der Waals surface area contributed by atoms with Crippen LogP contribution in [0.4, 0.5) is 4.39 Å². The molecule has 0 bridgehead atoms. The Hall–Kier alpha value is -3.45. The molecule has 0 saturated heterocycles. The molecule has 148 valence electrons. The van der Waals surface area contributed by atoms with E-state index in [1.54, 1.807) is 48.5 Å². The third-order valence-electron chi connectivity index (χ3n) is 3.91. The number of nitrogens with one attached hydrogen (secondary N) is 1. The molecular weight excluding hydrogens is 397 g/mol. The van der Waals surface area contributed by atoms with Crippen molar-refractivity contribution in [3.63, 3.8) is 0 Å². The Bertz CT molecular complexity index is 1040. The summed E-state index contributed by atoms with van der Waals surface area (Å²) in [4.78, 5) is 15.9. The van der Waals surface area contributed by atoms with Gasteiger partial charge in [0.15, 0.2) is 11.5 Å². The Kier molecular flexibility index (Phi) is 6.76. The lowest BCUT2D eigenvalue weighted by Gasteiger charge is -2.11. The fourth-order valence-corrected chi connectivity index (χ4v) is 2.64. The van der Waals surface area contributed by atoms with Crippen molar-refractivity contribution >= 4 is 23.7 Å². The number of hydrazone groups is 1. The van der Waals surface area contributed by atoms with Crippen molar-refractivity contribution in [3.8, 4) is 11.5 Å². The lowest BCUT2D eigenvalue weighted by molar-refractivity contribution is 0.0955. The summed E-state index contributed by atoms with van der Waals surface area (Å²) in [7, 11) is 1.50. The fraction of sp³-hybridized carbons (Fsp3) is 0.0952. The van der Waals surface area contributed by atoms with Crippen LogP contribution in [0.5, 0.6) is 11.5 Å². The second-order valence-corrected chi connectivity index (χ2v) is 6.19. The molecule has 0 aliphatic carbocycles. The van der Waals surface area contributed by atoms with Gasteiger partial charge in [0.1, 0.15) is 17.6 Å². The monoisotopic (exact) mass is 413 g/mol. The zero-order valence-electron chi connectivity index (χ0n) is 15.4. The van der Waals surface area contributed by atoms with Gasteiger partial charge < -0.3 is 9.47 Å². The maximum atomic E-state index is 13.7. The number of carbonyl (C=O) groups is 1. The molecule has 0 saturated carbocycles. The lowest BCUT2D eigenvalue weighted by Crippen LogP contribution is -2.18. The quantitative estimate of drug-likeness (QED) is 0.357. The number of rotatable bonds is 7. The van der Waals surface area contributed by atoms with Crippen LogP contribution >= 0.6 is 11.6 Å². The molecule has 0 fully saturated rings. The summed E-state index contributed by atoms with van der Waals surface area (Å²) in [5.41, 5.74) is 3.71. The van der Waals surface area contributed by atoms with Gasteiger partial charge in [0.05, 0.1) is 18.9 Å². The van der Waals surface area contributed by atoms with Crippen molar-refractivity contribution in [1.82, 2.24) is 10.4 Å². The van der Waals surface area contributed by atoms with Gasteiger partial charge in [-0.15, -0.1) is 0 Å². The van der Waals surface area contributed by atoms with E-state index in [0.717, 1.165) is 0 Å². The van der Waals surface area contributed by atoms with E-state index in [4.69, 9.17) is 21.1 Å². The van der Waals surface area contributed by atoms with Crippen LogP contribution in [0.1, 0.15) is 21.5 Å². The Morgan fingerprint density at radius 2 is 2.03 bits per heavy atom. The summed E-state index contributed by atoms with van der Waals surface area (Å²) in [6.07, 6.45) is 2.94. The molecule has 8 heteroatoms. The molecule has 0 radical (unpaired) electrons. The summed E-state index contributed by atoms with van der Waals surface area (Å²) in [5, 5.41) is 4.01. The lowest BCUT2D eigenvalue weighted by atomic mass is 10.2. The van der Waals surface area contributed by atoms with E-state index in [-0.39, 0.29) is 23.1 Å². The maximum Gasteiger partial charge on any atom is 0.274 e. The zero-order valence-corrected chi connectivity index (χ0v) is 16.2. The highest BCUT2D eigenvalue weighted by Crippen LogP contribution is 2.28. The van der Waals surface area contributed by atoms with Gasteiger partial charge in [-0.1, -0.05) is 29.8 Å². The largest absolute Gasteiger partial charge is 0.493 e. The van der Waals surface area contributed by atoms with Crippen LogP contribution in [0.2, 0.25) is 5.15 Å². The van der Waals surface area contributed by atoms with E-state index in [2.05, 4.69) is 15.5 Å². The van der Waals surface area contributed by atoms with Crippen LogP contribution in [0.3, 0.4) is 0 Å². The van der Waals surface area contributed by atoms with Crippen LogP contribution in [0.15, 0.2) is 65.9 Å². The highest BCUT2D eigenvalue weighted by Gasteiger charge is 2.10. The van der Waals surface area contributed by atoms with Gasteiger partial charge >= 0.3 is 0 Å². The van der Waals surface area contributed by atoms with E-state index in [9.17, 15) is 9.18 Å². The van der Waals surface area contributed by atoms with Gasteiger partial charge in [-0.05, 0) is 42.0 Å². The summed E-state index contributed by atoms with van der Waals surface area (Å²) in [6.45, 7) is 0.0679. The number of amides is 1. The number of hydrogen-bond acceptors (Lipinski definition) is 5. The molecule has 6 nitrogen and oxygen atoms in total. The normalized spacial score (nSPS) is 10.7. The average Bonchev–Trinajstić information content (AvgIpc) is 2.74. The van der Waals surface area contributed by atoms with Crippen molar-refractivity contribution in [2.24, 2.45) is 5.10 Å². The van der Waals surface area contributed by atoms with Crippen molar-refractivity contribution < 1.29 is 18.7 Å². The third kappa shape index (κ3) is 5.30. The molecule has 1 N–H and O–H groups in total. The van der Waals surface area contributed by atoms with Crippen LogP contribution in [0, 0.1) is 5.82 Å². The molecule has 0 spiro atoms. The molecule has 29 heavy (non-hydrogen) atoms. The molecule has 2 aromatic carbocycles. The Morgan fingerprint density at radius 3 is 2.79 bits per heavy atom. The minimum atomic E-state index is -0.476. The molecule has 0 unspecified atom stereocenters. The van der Waals surface area contributed by atoms with Gasteiger partial charge in [0.25, 0.3) is 5.91 Å². The van der Waals surface area contributed by atoms with Crippen LogP contribution in [-0.4, -0.2) is 24.2 Å². The first-order chi connectivity index (χ1) is 14.1. The van der Waals surface area contributed by atoms with Crippen molar-refractivity contribution in [2.75, 3.05) is 7.11 Å². The summed E-state index contributed by atoms with van der Waals surface area (Å²) in [6, 6.07) is 14.6. The minimum absolute atomic E-state index is 0.0679. The van der Waals surface area contributed by atoms with Crippen LogP contribution in [0.25, 0.3) is 0 Å². The molecular formula is C21H17ClFN3O3. The third-order valence-corrected chi connectivity index (χ3v) is 4.21. The number of aromatic nitrogens is 1. The van der Waals surface area contributed by atoms with E-state index >= 15 is 0 Å². The fourth-order valence-electron chi connectivity index (χ4n) is 2.44. The number of hydrogen-bond donors (Lipinski definition) is 1. The van der Waals surface area contributed by atoms with Crippen LogP contribution < -0.4 is 14.9 Å². The highest BCUT2D eigenvalue weighted by molar-refractivity contribution is 6.32. The Labute approximate surface area is 171 Å². The van der Waals surface area contributed by atoms with Gasteiger partial charge in [-0.25, -0.2) is 14.8 Å². The van der Waals surface area contributed by atoms with Gasteiger partial charge in [0, 0.05) is 11.8 Å². The SMILES string of the molecule is COc1cc(C=NNC(=O)c2cccnc2Cl)ccc1OCc1ccccc1F. The average molecular weight is 414 g/mol. The topological polar surface area (TPSA) is 72.8 Å². The van der Waals surface area contributed by atoms with Crippen molar-refractivity contribution in [2.45, 2.75) is 6.61 Å². The number of methoxy groups -OCH3 is 1. The first-order valence-electron chi connectivity index (χ1n) is 8.56. The summed E-state index contributed by atoms with van der Waals surface area (Å²) in [5.74, 6) is 0.0989. The Morgan fingerprint density at radius 1 is 1.21 bits per heavy atom. The number of carbonyl (C=O) groups excluding carboxylic acids is 1. The molecule has 0 aliphatic heterocycles. The predicted molar refractivity (Wildman–Crippen MR) is 108 cm³/mol. The van der Waals surface area contributed by atoms with E-state index in [0.29, 0.717) is 22.6 Å². The minimum Gasteiger partial charge on any atom is -0.493 e. The van der Waals surface area contributed by atoms with E-state index in [1.165, 1.54) is 25.6 Å². The van der Waals surface area contributed by atoms with E-state index < -0.39 is 5.91 Å². The molecule has 1 heterocycles. The molecule has 1 amide bonds. The number of nitrogens with zero attached hydrogens (tertiary/aromatic N) is 2. The van der Waals surface area contributed by atoms with Gasteiger partial charge in [0.2, 0.25) is 0 Å². The van der Waals surface area contributed by atoms with E-state index in [1.807, 2.05) is 0 Å². The standard InChI is InChI=1S/C21H17ClFN3O3/c1-28-19-11-14(12-25-26-21(27)16-6-4-10-24-20(16)22)8-9-18(19)29-13-15-5-2-3-7-17(15)23/h2-12H,13H2,1H3,(H,26,27). The number of ether oxygens (including phenoxy) is 2. The second-order valence-electron chi connectivity index (χ2n) is 5.83. The molecule has 0 aliphatic rings. The number of pyridine rings is 1. The number of halogens is 2. The smallest absolute Gasteiger partial charge is 0.274 e. The highest BCUT2D eigenvalue weighted by atomic mass is 35.5. The van der Waals surface area contributed by atoms with Crippen molar-refractivity contribution in [1.29, 1.82) is 0 Å². The molecule has 0 atom stereocenters. The van der Waals surface area contributed by atoms with Gasteiger partial charge in [-0.3, -0.25) is 4.79 Å². The first-order valence-corrected chi connectivity index (χ1v) is 8.94. The predicted octanol–water partition coefficient (Wildman–Crippen LogP) is 4.23. The van der Waals surface area contributed by atoms with Gasteiger partial charge in [-0.2, -0.15) is 5.10 Å². The van der Waals surface area contributed by atoms with Crippen molar-refractivity contribution in [3.05, 3.63) is 88.5 Å². The number of benzene rings is 2. The second kappa shape index (κ2) is 9.66. The summed E-state index contributed by atoms with van der Waals surface area (Å²) < 4.78 is 24.7. The molecule has 3 aromatic rings. The first kappa shape index (κ1) is 20.3. The Balaban J connectivity index is 1.65. The zero-order chi connectivity index (χ0) is 20.6. The van der Waals surface area contributed by atoms with Crippen LogP contribution in [-0.2, 0) is 6.61 Å². The molecule has 1 aromatic heterocycles. The molecule has 3 rings (SSSR count).